The first-order valence-corrected chi connectivity index (χ1v) is 8.29. The van der Waals surface area contributed by atoms with E-state index in [1.807, 2.05) is 0 Å². The molecule has 2 nitrogen and oxygen atoms in total. The van der Waals surface area contributed by atoms with E-state index in [1.165, 1.54) is 49.9 Å². The highest BCUT2D eigenvalue weighted by atomic mass is 15.2. The van der Waals surface area contributed by atoms with Gasteiger partial charge in [0.1, 0.15) is 0 Å². The molecule has 1 aromatic carbocycles. The predicted molar refractivity (Wildman–Crippen MR) is 87.1 cm³/mol. The average molecular weight is 274 g/mol. The van der Waals surface area contributed by atoms with Crippen molar-refractivity contribution in [2.45, 2.75) is 58.5 Å². The Morgan fingerprint density at radius 2 is 2.00 bits per heavy atom. The van der Waals surface area contributed by atoms with Crippen molar-refractivity contribution in [1.82, 2.24) is 10.2 Å². The molecule has 20 heavy (non-hydrogen) atoms. The first-order valence-electron chi connectivity index (χ1n) is 8.29. The van der Waals surface area contributed by atoms with Gasteiger partial charge in [-0.2, -0.15) is 0 Å². The van der Waals surface area contributed by atoms with Crippen LogP contribution in [0.4, 0.5) is 0 Å². The molecule has 0 heterocycles. The first-order chi connectivity index (χ1) is 9.76. The molecule has 0 aliphatic heterocycles. The largest absolute Gasteiger partial charge is 0.310 e. The van der Waals surface area contributed by atoms with Gasteiger partial charge in [-0.15, -0.1) is 0 Å². The Balaban J connectivity index is 1.97. The third-order valence-electron chi connectivity index (χ3n) is 4.38. The van der Waals surface area contributed by atoms with Gasteiger partial charge in [-0.1, -0.05) is 38.1 Å². The van der Waals surface area contributed by atoms with E-state index in [0.29, 0.717) is 6.04 Å². The van der Waals surface area contributed by atoms with Crippen LogP contribution in [0.5, 0.6) is 0 Å². The maximum absolute atomic E-state index is 3.74. The molecule has 2 heteroatoms. The fourth-order valence-electron chi connectivity index (χ4n) is 3.00. The Bertz CT molecular complexity index is 398. The SMILES string of the molecule is CCCNC(CCN(CC)C1CC1)c1ccccc1C. The number of hydrogen-bond donors (Lipinski definition) is 1. The molecule has 0 spiro atoms. The fourth-order valence-corrected chi connectivity index (χ4v) is 3.00. The van der Waals surface area contributed by atoms with Crippen molar-refractivity contribution in [3.63, 3.8) is 0 Å². The molecule has 0 aromatic heterocycles. The zero-order valence-electron chi connectivity index (χ0n) is 13.4. The molecule has 1 saturated carbocycles. The van der Waals surface area contributed by atoms with E-state index in [9.17, 15) is 0 Å². The summed E-state index contributed by atoms with van der Waals surface area (Å²) in [5.74, 6) is 0. The predicted octanol–water partition coefficient (Wildman–Crippen LogP) is 3.91. The molecule has 1 fully saturated rings. The van der Waals surface area contributed by atoms with Crippen LogP contribution in [0, 0.1) is 6.92 Å². The number of rotatable bonds is 9. The van der Waals surface area contributed by atoms with E-state index >= 15 is 0 Å². The van der Waals surface area contributed by atoms with Gasteiger partial charge in [0.05, 0.1) is 0 Å². The van der Waals surface area contributed by atoms with Crippen molar-refractivity contribution < 1.29 is 0 Å². The average Bonchev–Trinajstić information content (AvgIpc) is 3.28. The van der Waals surface area contributed by atoms with Crippen LogP contribution in [0.1, 0.15) is 56.7 Å². The minimum Gasteiger partial charge on any atom is -0.310 e. The van der Waals surface area contributed by atoms with Gasteiger partial charge in [-0.3, -0.25) is 0 Å². The smallest absolute Gasteiger partial charge is 0.0335 e. The van der Waals surface area contributed by atoms with Gasteiger partial charge in [0, 0.05) is 18.6 Å². The van der Waals surface area contributed by atoms with E-state index in [0.717, 1.165) is 12.6 Å². The summed E-state index contributed by atoms with van der Waals surface area (Å²) >= 11 is 0. The summed E-state index contributed by atoms with van der Waals surface area (Å²) in [5, 5.41) is 3.74. The van der Waals surface area contributed by atoms with Crippen molar-refractivity contribution in [3.05, 3.63) is 35.4 Å². The summed E-state index contributed by atoms with van der Waals surface area (Å²) in [5.41, 5.74) is 2.89. The van der Waals surface area contributed by atoms with E-state index in [1.54, 1.807) is 0 Å². The monoisotopic (exact) mass is 274 g/mol. The van der Waals surface area contributed by atoms with E-state index in [-0.39, 0.29) is 0 Å². The molecule has 1 aliphatic rings. The Hall–Kier alpha value is -0.860. The lowest BCUT2D eigenvalue weighted by atomic mass is 9.98. The fraction of sp³-hybridized carbons (Fsp3) is 0.667. The van der Waals surface area contributed by atoms with Crippen LogP contribution in [0.3, 0.4) is 0 Å². The van der Waals surface area contributed by atoms with Crippen LogP contribution in [-0.4, -0.2) is 30.6 Å². The van der Waals surface area contributed by atoms with Crippen molar-refractivity contribution in [2.75, 3.05) is 19.6 Å². The second-order valence-electron chi connectivity index (χ2n) is 6.01. The van der Waals surface area contributed by atoms with Crippen molar-refractivity contribution >= 4 is 0 Å². The molecular weight excluding hydrogens is 244 g/mol. The van der Waals surface area contributed by atoms with Gasteiger partial charge < -0.3 is 10.2 Å². The molecule has 2 rings (SSSR count). The number of nitrogens with zero attached hydrogens (tertiary/aromatic N) is 1. The van der Waals surface area contributed by atoms with E-state index in [4.69, 9.17) is 0 Å². The van der Waals surface area contributed by atoms with Crippen LogP contribution >= 0.6 is 0 Å². The van der Waals surface area contributed by atoms with Crippen LogP contribution < -0.4 is 5.32 Å². The second kappa shape index (κ2) is 7.80. The van der Waals surface area contributed by atoms with Gasteiger partial charge >= 0.3 is 0 Å². The topological polar surface area (TPSA) is 15.3 Å². The third kappa shape index (κ3) is 4.32. The number of nitrogens with one attached hydrogen (secondary N) is 1. The first kappa shape index (κ1) is 15.5. The molecule has 1 unspecified atom stereocenters. The van der Waals surface area contributed by atoms with Gasteiger partial charge in [0.15, 0.2) is 0 Å². The zero-order chi connectivity index (χ0) is 14.4. The van der Waals surface area contributed by atoms with Crippen LogP contribution in [0.15, 0.2) is 24.3 Å². The van der Waals surface area contributed by atoms with Crippen molar-refractivity contribution in [1.29, 1.82) is 0 Å². The normalized spacial score (nSPS) is 16.6. The highest BCUT2D eigenvalue weighted by molar-refractivity contribution is 5.28. The molecule has 0 radical (unpaired) electrons. The third-order valence-corrected chi connectivity index (χ3v) is 4.38. The van der Waals surface area contributed by atoms with Crippen molar-refractivity contribution in [2.24, 2.45) is 0 Å². The van der Waals surface area contributed by atoms with Crippen LogP contribution in [0.2, 0.25) is 0 Å². The molecule has 1 N–H and O–H groups in total. The Labute approximate surface area is 124 Å². The van der Waals surface area contributed by atoms with Gasteiger partial charge in [-0.05, 0) is 56.8 Å². The Morgan fingerprint density at radius 3 is 2.60 bits per heavy atom. The lowest BCUT2D eigenvalue weighted by molar-refractivity contribution is 0.259. The van der Waals surface area contributed by atoms with Crippen molar-refractivity contribution in [3.8, 4) is 0 Å². The lowest BCUT2D eigenvalue weighted by Gasteiger charge is -2.26. The number of hydrogen-bond acceptors (Lipinski definition) is 2. The summed E-state index contributed by atoms with van der Waals surface area (Å²) in [4.78, 5) is 2.65. The van der Waals surface area contributed by atoms with Gasteiger partial charge in [0.2, 0.25) is 0 Å². The lowest BCUT2D eigenvalue weighted by Crippen LogP contribution is -2.31. The van der Waals surface area contributed by atoms with Crippen LogP contribution in [-0.2, 0) is 0 Å². The molecule has 1 aliphatic carbocycles. The quantitative estimate of drug-likeness (QED) is 0.734. The number of benzene rings is 1. The summed E-state index contributed by atoms with van der Waals surface area (Å²) in [6, 6.07) is 10.2. The number of aryl methyl sites for hydroxylation is 1. The summed E-state index contributed by atoms with van der Waals surface area (Å²) in [6.45, 7) is 10.3. The minimum atomic E-state index is 0.504. The van der Waals surface area contributed by atoms with E-state index < -0.39 is 0 Å². The molecular formula is C18H30N2. The standard InChI is InChI=1S/C18H30N2/c1-4-13-19-18(17-9-7-6-8-15(17)3)12-14-20(5-2)16-10-11-16/h6-9,16,18-19H,4-5,10-14H2,1-3H3. The highest BCUT2D eigenvalue weighted by Gasteiger charge is 2.28. The maximum atomic E-state index is 3.74. The molecule has 112 valence electrons. The van der Waals surface area contributed by atoms with Gasteiger partial charge in [0.25, 0.3) is 0 Å². The second-order valence-corrected chi connectivity index (χ2v) is 6.01. The Morgan fingerprint density at radius 1 is 1.25 bits per heavy atom. The van der Waals surface area contributed by atoms with Crippen LogP contribution in [0.25, 0.3) is 0 Å². The molecule has 0 saturated heterocycles. The zero-order valence-corrected chi connectivity index (χ0v) is 13.4. The minimum absolute atomic E-state index is 0.504. The summed E-state index contributed by atoms with van der Waals surface area (Å²) in [7, 11) is 0. The molecule has 0 bridgehead atoms. The highest BCUT2D eigenvalue weighted by Crippen LogP contribution is 2.28. The summed E-state index contributed by atoms with van der Waals surface area (Å²) in [6.07, 6.45) is 5.23. The molecule has 0 amide bonds. The molecule has 1 atom stereocenters. The van der Waals surface area contributed by atoms with E-state index in [2.05, 4.69) is 55.3 Å². The van der Waals surface area contributed by atoms with Gasteiger partial charge in [-0.25, -0.2) is 0 Å². The summed E-state index contributed by atoms with van der Waals surface area (Å²) < 4.78 is 0. The Kier molecular flexibility index (Phi) is 6.06. The molecule has 1 aromatic rings. The maximum Gasteiger partial charge on any atom is 0.0335 e.